The highest BCUT2D eigenvalue weighted by atomic mass is 14.3. The van der Waals surface area contributed by atoms with Crippen molar-refractivity contribution in [3.63, 3.8) is 0 Å². The minimum absolute atomic E-state index is 0.188. The van der Waals surface area contributed by atoms with Crippen molar-refractivity contribution in [1.29, 1.82) is 0 Å². The summed E-state index contributed by atoms with van der Waals surface area (Å²) in [5.41, 5.74) is 8.71. The van der Waals surface area contributed by atoms with Crippen molar-refractivity contribution >= 4 is 0 Å². The van der Waals surface area contributed by atoms with Gasteiger partial charge in [0.1, 0.15) is 0 Å². The molecule has 0 N–H and O–H groups in total. The SMILES string of the molecule is CC1=CC(C(C)(C)C)=CC1=C(Cc1ccccc1)Cc1ccccc1. The van der Waals surface area contributed by atoms with E-state index < -0.39 is 0 Å². The van der Waals surface area contributed by atoms with E-state index in [9.17, 15) is 0 Å². The molecule has 0 aliphatic heterocycles. The molecule has 0 atom stereocenters. The summed E-state index contributed by atoms with van der Waals surface area (Å²) in [6, 6.07) is 21.6. The number of hydrogen-bond donors (Lipinski definition) is 0. The second-order valence-electron chi connectivity index (χ2n) is 8.02. The van der Waals surface area contributed by atoms with Crippen molar-refractivity contribution < 1.29 is 0 Å². The van der Waals surface area contributed by atoms with Crippen LogP contribution in [0.25, 0.3) is 0 Å². The summed E-state index contributed by atoms with van der Waals surface area (Å²) in [5, 5.41) is 0. The molecule has 0 radical (unpaired) electrons. The van der Waals surface area contributed by atoms with Crippen LogP contribution < -0.4 is 0 Å². The van der Waals surface area contributed by atoms with E-state index in [1.165, 1.54) is 33.4 Å². The van der Waals surface area contributed by atoms with Gasteiger partial charge in [-0.15, -0.1) is 0 Å². The van der Waals surface area contributed by atoms with Gasteiger partial charge in [0.2, 0.25) is 0 Å². The van der Waals surface area contributed by atoms with Crippen molar-refractivity contribution in [2.45, 2.75) is 40.5 Å². The topological polar surface area (TPSA) is 0 Å². The van der Waals surface area contributed by atoms with Crippen LogP contribution in [0.15, 0.2) is 95.1 Å². The minimum Gasteiger partial charge on any atom is -0.0622 e. The maximum atomic E-state index is 2.41. The Kier molecular flexibility index (Phi) is 5.08. The third-order valence-corrected chi connectivity index (χ3v) is 4.86. The van der Waals surface area contributed by atoms with Gasteiger partial charge in [0.25, 0.3) is 0 Å². The van der Waals surface area contributed by atoms with E-state index in [0.29, 0.717) is 0 Å². The fourth-order valence-electron chi connectivity index (χ4n) is 3.37. The number of allylic oxidation sites excluding steroid dienone is 6. The van der Waals surface area contributed by atoms with Crippen LogP contribution in [0.3, 0.4) is 0 Å². The Bertz CT molecular complexity index is 766. The molecule has 0 heterocycles. The zero-order valence-electron chi connectivity index (χ0n) is 15.8. The van der Waals surface area contributed by atoms with Gasteiger partial charge >= 0.3 is 0 Å². The van der Waals surface area contributed by atoms with E-state index >= 15 is 0 Å². The first-order chi connectivity index (χ1) is 11.9. The van der Waals surface area contributed by atoms with Gasteiger partial charge in [0, 0.05) is 0 Å². The molecular formula is C25H28. The predicted octanol–water partition coefficient (Wildman–Crippen LogP) is 6.70. The van der Waals surface area contributed by atoms with Gasteiger partial charge < -0.3 is 0 Å². The Balaban J connectivity index is 2.01. The van der Waals surface area contributed by atoms with Crippen molar-refractivity contribution in [1.82, 2.24) is 0 Å². The van der Waals surface area contributed by atoms with E-state index in [0.717, 1.165) is 12.8 Å². The summed E-state index contributed by atoms with van der Waals surface area (Å²) in [6.07, 6.45) is 6.79. The molecule has 1 aliphatic rings. The Hall–Kier alpha value is -2.34. The average Bonchev–Trinajstić information content (AvgIpc) is 2.98. The van der Waals surface area contributed by atoms with Crippen molar-refractivity contribution in [2.24, 2.45) is 5.41 Å². The van der Waals surface area contributed by atoms with E-state index in [2.05, 4.69) is 101 Å². The lowest BCUT2D eigenvalue weighted by Crippen LogP contribution is -2.06. The molecule has 0 heteroatoms. The van der Waals surface area contributed by atoms with E-state index in [4.69, 9.17) is 0 Å². The van der Waals surface area contributed by atoms with Crippen molar-refractivity contribution in [2.75, 3.05) is 0 Å². The Morgan fingerprint density at radius 3 is 1.60 bits per heavy atom. The normalized spacial score (nSPS) is 14.3. The van der Waals surface area contributed by atoms with Crippen LogP contribution >= 0.6 is 0 Å². The van der Waals surface area contributed by atoms with Crippen LogP contribution in [0.2, 0.25) is 0 Å². The molecule has 2 aromatic carbocycles. The van der Waals surface area contributed by atoms with Crippen LogP contribution in [-0.2, 0) is 12.8 Å². The van der Waals surface area contributed by atoms with Crippen LogP contribution in [0.4, 0.5) is 0 Å². The molecule has 0 unspecified atom stereocenters. The third kappa shape index (κ3) is 4.39. The van der Waals surface area contributed by atoms with Gasteiger partial charge in [-0.2, -0.15) is 0 Å². The molecule has 0 saturated heterocycles. The lowest BCUT2D eigenvalue weighted by Gasteiger charge is -2.18. The van der Waals surface area contributed by atoms with Gasteiger partial charge in [0.15, 0.2) is 0 Å². The molecule has 0 spiro atoms. The van der Waals surface area contributed by atoms with E-state index in [1.807, 2.05) is 0 Å². The predicted molar refractivity (Wildman–Crippen MR) is 109 cm³/mol. The molecule has 128 valence electrons. The average molecular weight is 328 g/mol. The second-order valence-corrected chi connectivity index (χ2v) is 8.02. The number of rotatable bonds is 4. The first kappa shape index (κ1) is 17.5. The third-order valence-electron chi connectivity index (χ3n) is 4.86. The zero-order valence-corrected chi connectivity index (χ0v) is 15.8. The fraction of sp³-hybridized carbons (Fsp3) is 0.280. The van der Waals surface area contributed by atoms with Gasteiger partial charge in [-0.25, -0.2) is 0 Å². The Morgan fingerprint density at radius 1 is 0.720 bits per heavy atom. The summed E-state index contributed by atoms with van der Waals surface area (Å²) >= 11 is 0. The lowest BCUT2D eigenvalue weighted by atomic mass is 9.87. The Labute approximate surface area is 152 Å². The smallest absolute Gasteiger partial charge is 0.00547 e. The molecule has 1 aliphatic carbocycles. The molecule has 25 heavy (non-hydrogen) atoms. The van der Waals surface area contributed by atoms with Gasteiger partial charge in [-0.1, -0.05) is 99.2 Å². The monoisotopic (exact) mass is 328 g/mol. The summed E-state index contributed by atoms with van der Waals surface area (Å²) in [4.78, 5) is 0. The van der Waals surface area contributed by atoms with Gasteiger partial charge in [-0.3, -0.25) is 0 Å². The summed E-state index contributed by atoms with van der Waals surface area (Å²) < 4.78 is 0. The number of hydrogen-bond acceptors (Lipinski definition) is 0. The highest BCUT2D eigenvalue weighted by Crippen LogP contribution is 2.37. The molecule has 0 nitrogen and oxygen atoms in total. The zero-order chi connectivity index (χ0) is 17.9. The second kappa shape index (κ2) is 7.27. The molecule has 0 aromatic heterocycles. The van der Waals surface area contributed by atoms with Crippen molar-refractivity contribution in [3.05, 3.63) is 106 Å². The van der Waals surface area contributed by atoms with Crippen LogP contribution in [0.5, 0.6) is 0 Å². The first-order valence-electron chi connectivity index (χ1n) is 9.14. The van der Waals surface area contributed by atoms with Crippen LogP contribution in [-0.4, -0.2) is 0 Å². The summed E-state index contributed by atoms with van der Waals surface area (Å²) in [5.74, 6) is 0. The largest absolute Gasteiger partial charge is 0.0622 e. The molecule has 0 amide bonds. The summed E-state index contributed by atoms with van der Waals surface area (Å²) in [7, 11) is 0. The first-order valence-corrected chi connectivity index (χ1v) is 9.14. The quantitative estimate of drug-likeness (QED) is 0.585. The van der Waals surface area contributed by atoms with Crippen LogP contribution in [0.1, 0.15) is 38.8 Å². The molecule has 3 rings (SSSR count). The maximum Gasteiger partial charge on any atom is -0.00547 e. The molecular weight excluding hydrogens is 300 g/mol. The van der Waals surface area contributed by atoms with Crippen molar-refractivity contribution in [3.8, 4) is 0 Å². The number of benzene rings is 2. The lowest BCUT2D eigenvalue weighted by molar-refractivity contribution is 0.518. The molecule has 0 saturated carbocycles. The highest BCUT2D eigenvalue weighted by molar-refractivity contribution is 5.56. The highest BCUT2D eigenvalue weighted by Gasteiger charge is 2.22. The Morgan fingerprint density at radius 2 is 1.20 bits per heavy atom. The molecule has 0 bridgehead atoms. The van der Waals surface area contributed by atoms with E-state index in [1.54, 1.807) is 0 Å². The van der Waals surface area contributed by atoms with Crippen LogP contribution in [0, 0.1) is 5.41 Å². The van der Waals surface area contributed by atoms with Gasteiger partial charge in [-0.05, 0) is 53.0 Å². The maximum absolute atomic E-state index is 2.41. The van der Waals surface area contributed by atoms with Gasteiger partial charge in [0.05, 0.1) is 0 Å². The minimum atomic E-state index is 0.188. The van der Waals surface area contributed by atoms with E-state index in [-0.39, 0.29) is 5.41 Å². The molecule has 0 fully saturated rings. The molecule has 2 aromatic rings. The summed E-state index contributed by atoms with van der Waals surface area (Å²) in [6.45, 7) is 9.12. The fourth-order valence-corrected chi connectivity index (χ4v) is 3.37. The standard InChI is InChI=1S/C25H28/c1-19-15-23(25(2,3)4)18-24(19)22(16-20-11-7-5-8-12-20)17-21-13-9-6-10-14-21/h5-15,18H,16-17H2,1-4H3.